The number of hydrogen-bond acceptors (Lipinski definition) is 4. The van der Waals surface area contributed by atoms with Gasteiger partial charge in [-0.15, -0.1) is 0 Å². The Morgan fingerprint density at radius 2 is 2.25 bits per heavy atom. The largest absolute Gasteiger partial charge is 0.309 e. The van der Waals surface area contributed by atoms with Crippen molar-refractivity contribution in [1.82, 2.24) is 25.0 Å². The fourth-order valence-electron chi connectivity index (χ4n) is 2.46. The summed E-state index contributed by atoms with van der Waals surface area (Å²) in [5.74, 6) is 1.57. The lowest BCUT2D eigenvalue weighted by Crippen LogP contribution is -2.15. The van der Waals surface area contributed by atoms with Crippen molar-refractivity contribution in [1.29, 1.82) is 0 Å². The third-order valence-electron chi connectivity index (χ3n) is 3.80. The molecule has 0 aromatic carbocycles. The number of aromatic amines is 1. The molecule has 1 amide bonds. The van der Waals surface area contributed by atoms with Crippen LogP contribution < -0.4 is 5.32 Å². The summed E-state index contributed by atoms with van der Waals surface area (Å²) < 4.78 is 1.59. The smallest absolute Gasteiger partial charge is 0.231 e. The molecule has 3 aromatic heterocycles. The van der Waals surface area contributed by atoms with Gasteiger partial charge >= 0.3 is 0 Å². The van der Waals surface area contributed by atoms with E-state index in [0.717, 1.165) is 5.69 Å². The van der Waals surface area contributed by atoms with Gasteiger partial charge in [-0.3, -0.25) is 9.89 Å². The summed E-state index contributed by atoms with van der Waals surface area (Å²) >= 11 is 5.88. The van der Waals surface area contributed by atoms with E-state index >= 15 is 0 Å². The lowest BCUT2D eigenvalue weighted by Gasteiger charge is -2.01. The zero-order valence-corrected chi connectivity index (χ0v) is 13.5. The molecule has 0 aliphatic heterocycles. The average Bonchev–Trinajstić information content (AvgIpc) is 3.13. The number of anilines is 1. The van der Waals surface area contributed by atoms with Crippen molar-refractivity contribution < 1.29 is 4.79 Å². The zero-order chi connectivity index (χ0) is 16.5. The van der Waals surface area contributed by atoms with Crippen LogP contribution in [0.25, 0.3) is 5.82 Å². The lowest BCUT2D eigenvalue weighted by molar-refractivity contribution is -0.115. The number of pyridine rings is 1. The summed E-state index contributed by atoms with van der Waals surface area (Å²) in [6, 6.07) is 8.97. The van der Waals surface area contributed by atoms with Crippen LogP contribution in [-0.2, 0) is 11.2 Å². The molecule has 0 bridgehead atoms. The Morgan fingerprint density at radius 3 is 3.04 bits per heavy atom. The predicted molar refractivity (Wildman–Crippen MR) is 89.3 cm³/mol. The minimum atomic E-state index is -0.159. The second-order valence-corrected chi connectivity index (χ2v) is 6.17. The van der Waals surface area contributed by atoms with E-state index in [1.807, 2.05) is 6.07 Å². The minimum absolute atomic E-state index is 0.159. The van der Waals surface area contributed by atoms with E-state index in [4.69, 9.17) is 11.6 Å². The maximum absolute atomic E-state index is 12.1. The van der Waals surface area contributed by atoms with Crippen LogP contribution in [-0.4, -0.2) is 30.9 Å². The van der Waals surface area contributed by atoms with E-state index in [-0.39, 0.29) is 12.3 Å². The van der Waals surface area contributed by atoms with Crippen molar-refractivity contribution >= 4 is 23.3 Å². The molecule has 8 heteroatoms. The van der Waals surface area contributed by atoms with E-state index in [9.17, 15) is 4.79 Å². The molecule has 0 saturated heterocycles. The van der Waals surface area contributed by atoms with Crippen molar-refractivity contribution in [2.75, 3.05) is 5.32 Å². The van der Waals surface area contributed by atoms with Crippen LogP contribution in [0.5, 0.6) is 0 Å². The molecule has 7 nitrogen and oxygen atoms in total. The second kappa shape index (κ2) is 6.09. The number of amides is 1. The minimum Gasteiger partial charge on any atom is -0.309 e. The quantitative estimate of drug-likeness (QED) is 0.698. The Kier molecular flexibility index (Phi) is 3.78. The molecule has 3 heterocycles. The second-order valence-electron chi connectivity index (χ2n) is 5.78. The van der Waals surface area contributed by atoms with E-state index in [1.54, 1.807) is 35.1 Å². The van der Waals surface area contributed by atoms with E-state index in [1.165, 1.54) is 12.8 Å². The molecule has 3 aromatic rings. The van der Waals surface area contributed by atoms with Gasteiger partial charge in [0.15, 0.2) is 11.6 Å². The standard InChI is InChI=1S/C16H15ClN6O/c17-13-2-1-3-15(18-13)23-7-6-11(22-23)8-16(24)19-14-9-12(20-21-14)10-4-5-10/h1-3,6-7,9-10H,4-5,8H2,(H2,19,20,21,24). The number of H-pyrrole nitrogens is 1. The molecule has 1 saturated carbocycles. The Labute approximate surface area is 143 Å². The Hall–Kier alpha value is -2.67. The van der Waals surface area contributed by atoms with Gasteiger partial charge in [-0.2, -0.15) is 10.2 Å². The van der Waals surface area contributed by atoms with Gasteiger partial charge in [-0.05, 0) is 31.0 Å². The van der Waals surface area contributed by atoms with Gasteiger partial charge in [0.25, 0.3) is 0 Å². The molecule has 24 heavy (non-hydrogen) atoms. The summed E-state index contributed by atoms with van der Waals surface area (Å²) in [6.07, 6.45) is 4.29. The highest BCUT2D eigenvalue weighted by atomic mass is 35.5. The highest BCUT2D eigenvalue weighted by molar-refractivity contribution is 6.29. The first-order valence-corrected chi connectivity index (χ1v) is 8.08. The fourth-order valence-corrected chi connectivity index (χ4v) is 2.62. The normalized spacial score (nSPS) is 13.9. The van der Waals surface area contributed by atoms with E-state index in [2.05, 4.69) is 25.6 Å². The van der Waals surface area contributed by atoms with Gasteiger partial charge in [-0.1, -0.05) is 17.7 Å². The number of rotatable bonds is 5. The monoisotopic (exact) mass is 342 g/mol. The highest BCUT2D eigenvalue weighted by Crippen LogP contribution is 2.39. The molecular weight excluding hydrogens is 328 g/mol. The highest BCUT2D eigenvalue weighted by Gasteiger charge is 2.25. The maximum Gasteiger partial charge on any atom is 0.231 e. The molecule has 0 unspecified atom stereocenters. The van der Waals surface area contributed by atoms with Crippen LogP contribution in [0.2, 0.25) is 5.15 Å². The predicted octanol–water partition coefficient (Wildman–Crippen LogP) is 2.70. The van der Waals surface area contributed by atoms with Crippen LogP contribution in [0.15, 0.2) is 36.5 Å². The number of nitrogens with zero attached hydrogens (tertiary/aromatic N) is 4. The Balaban J connectivity index is 1.40. The number of carbonyl (C=O) groups is 1. The first kappa shape index (κ1) is 14.9. The third-order valence-corrected chi connectivity index (χ3v) is 4.01. The van der Waals surface area contributed by atoms with Crippen LogP contribution >= 0.6 is 11.6 Å². The van der Waals surface area contributed by atoms with Crippen molar-refractivity contribution in [3.05, 3.63) is 53.1 Å². The number of halogens is 1. The van der Waals surface area contributed by atoms with Crippen LogP contribution in [0.3, 0.4) is 0 Å². The first-order chi connectivity index (χ1) is 11.7. The Morgan fingerprint density at radius 1 is 1.38 bits per heavy atom. The number of carbonyl (C=O) groups excluding carboxylic acids is 1. The van der Waals surface area contributed by atoms with Crippen molar-refractivity contribution in [2.45, 2.75) is 25.2 Å². The summed E-state index contributed by atoms with van der Waals surface area (Å²) in [5.41, 5.74) is 1.73. The van der Waals surface area contributed by atoms with Gasteiger partial charge in [0, 0.05) is 23.9 Å². The summed E-state index contributed by atoms with van der Waals surface area (Å²) in [6.45, 7) is 0. The summed E-state index contributed by atoms with van der Waals surface area (Å²) in [4.78, 5) is 16.3. The third kappa shape index (κ3) is 3.30. The van der Waals surface area contributed by atoms with E-state index in [0.29, 0.717) is 28.4 Å². The summed E-state index contributed by atoms with van der Waals surface area (Å²) in [7, 11) is 0. The zero-order valence-electron chi connectivity index (χ0n) is 12.7. The average molecular weight is 343 g/mol. The van der Waals surface area contributed by atoms with Gasteiger partial charge in [0.05, 0.1) is 12.1 Å². The van der Waals surface area contributed by atoms with Crippen LogP contribution in [0.1, 0.15) is 30.1 Å². The van der Waals surface area contributed by atoms with Gasteiger partial charge in [0.1, 0.15) is 5.15 Å². The molecule has 0 spiro atoms. The molecule has 1 fully saturated rings. The van der Waals surface area contributed by atoms with Gasteiger partial charge < -0.3 is 5.32 Å². The molecular formula is C16H15ClN6O. The number of hydrogen-bond donors (Lipinski definition) is 2. The van der Waals surface area contributed by atoms with Gasteiger partial charge in [-0.25, -0.2) is 9.67 Å². The lowest BCUT2D eigenvalue weighted by atomic mass is 10.3. The van der Waals surface area contributed by atoms with Crippen LogP contribution in [0, 0.1) is 0 Å². The maximum atomic E-state index is 12.1. The molecule has 2 N–H and O–H groups in total. The molecule has 1 aliphatic rings. The molecule has 0 atom stereocenters. The fraction of sp³-hybridized carbons (Fsp3) is 0.250. The van der Waals surface area contributed by atoms with Crippen LogP contribution in [0.4, 0.5) is 5.82 Å². The molecule has 122 valence electrons. The number of nitrogens with one attached hydrogen (secondary N) is 2. The van der Waals surface area contributed by atoms with Crippen molar-refractivity contribution in [3.63, 3.8) is 0 Å². The van der Waals surface area contributed by atoms with E-state index < -0.39 is 0 Å². The summed E-state index contributed by atoms with van der Waals surface area (Å²) in [5, 5.41) is 14.6. The van der Waals surface area contributed by atoms with Gasteiger partial charge in [0.2, 0.25) is 5.91 Å². The van der Waals surface area contributed by atoms with Crippen molar-refractivity contribution in [2.24, 2.45) is 0 Å². The topological polar surface area (TPSA) is 88.5 Å². The SMILES string of the molecule is O=C(Cc1ccn(-c2cccc(Cl)n2)n1)Nc1cc(C2CC2)[nH]n1. The molecule has 4 rings (SSSR count). The molecule has 1 aliphatic carbocycles. The number of aromatic nitrogens is 5. The molecule has 0 radical (unpaired) electrons. The Bertz CT molecular complexity index is 882. The first-order valence-electron chi connectivity index (χ1n) is 7.70. The van der Waals surface area contributed by atoms with Crippen molar-refractivity contribution in [3.8, 4) is 5.82 Å².